The summed E-state index contributed by atoms with van der Waals surface area (Å²) >= 11 is 5.84. The Morgan fingerprint density at radius 1 is 0.939 bits per heavy atom. The van der Waals surface area contributed by atoms with E-state index in [9.17, 15) is 14.4 Å². The Labute approximate surface area is 198 Å². The second-order valence-electron chi connectivity index (χ2n) is 8.59. The number of benzene rings is 1. The highest BCUT2D eigenvalue weighted by molar-refractivity contribution is 6.30. The molecular formula is C24H28ClN5O3. The van der Waals surface area contributed by atoms with Crippen molar-refractivity contribution < 1.29 is 14.4 Å². The largest absolute Gasteiger partial charge is 0.324 e. The molecule has 1 aliphatic heterocycles. The number of rotatable bonds is 5. The Balaban J connectivity index is 1.43. The van der Waals surface area contributed by atoms with E-state index >= 15 is 0 Å². The van der Waals surface area contributed by atoms with Gasteiger partial charge in [-0.05, 0) is 62.1 Å². The summed E-state index contributed by atoms with van der Waals surface area (Å²) < 4.78 is 0. The lowest BCUT2D eigenvalue weighted by atomic mass is 9.81. The number of nitrogens with zero attached hydrogens (tertiary/aromatic N) is 2. The van der Waals surface area contributed by atoms with Gasteiger partial charge >= 0.3 is 6.03 Å². The SMILES string of the molecule is O=C(Nc1ccc(Cl)cn1)NC1(C(=O)Nc2ccc(N3CCCCC3=O)cc2)CCCCC1. The fraction of sp³-hybridized carbons (Fsp3) is 0.417. The van der Waals surface area contributed by atoms with E-state index in [0.717, 1.165) is 44.3 Å². The van der Waals surface area contributed by atoms with Crippen molar-refractivity contribution in [2.75, 3.05) is 22.1 Å². The van der Waals surface area contributed by atoms with E-state index in [2.05, 4.69) is 20.9 Å². The highest BCUT2D eigenvalue weighted by Crippen LogP contribution is 2.30. The molecule has 1 aromatic carbocycles. The van der Waals surface area contributed by atoms with Crippen LogP contribution in [0.4, 0.5) is 22.0 Å². The summed E-state index contributed by atoms with van der Waals surface area (Å²) in [6.45, 7) is 0.717. The maximum Gasteiger partial charge on any atom is 0.321 e. The molecule has 2 aromatic rings. The smallest absolute Gasteiger partial charge is 0.321 e. The summed E-state index contributed by atoms with van der Waals surface area (Å²) in [5.41, 5.74) is 0.453. The van der Waals surface area contributed by atoms with Gasteiger partial charge < -0.3 is 15.5 Å². The molecule has 0 bridgehead atoms. The van der Waals surface area contributed by atoms with Crippen molar-refractivity contribution in [2.45, 2.75) is 56.9 Å². The van der Waals surface area contributed by atoms with E-state index in [4.69, 9.17) is 11.6 Å². The van der Waals surface area contributed by atoms with E-state index in [1.54, 1.807) is 29.2 Å². The van der Waals surface area contributed by atoms with E-state index in [0.29, 0.717) is 35.8 Å². The van der Waals surface area contributed by atoms with Crippen molar-refractivity contribution in [2.24, 2.45) is 0 Å². The normalized spacial score (nSPS) is 17.8. The summed E-state index contributed by atoms with van der Waals surface area (Å²) in [5, 5.41) is 8.99. The molecule has 0 radical (unpaired) electrons. The van der Waals surface area contributed by atoms with Crippen molar-refractivity contribution in [3.63, 3.8) is 0 Å². The molecule has 33 heavy (non-hydrogen) atoms. The van der Waals surface area contributed by atoms with Crippen LogP contribution >= 0.6 is 11.6 Å². The molecule has 3 N–H and O–H groups in total. The molecule has 0 unspecified atom stereocenters. The van der Waals surface area contributed by atoms with Gasteiger partial charge in [-0.2, -0.15) is 0 Å². The summed E-state index contributed by atoms with van der Waals surface area (Å²) in [6, 6.07) is 10.0. The number of pyridine rings is 1. The number of urea groups is 1. The minimum Gasteiger partial charge on any atom is -0.324 e. The highest BCUT2D eigenvalue weighted by Gasteiger charge is 2.41. The number of hydrogen-bond acceptors (Lipinski definition) is 4. The number of halogens is 1. The summed E-state index contributed by atoms with van der Waals surface area (Å²) in [6.07, 6.45) is 7.77. The van der Waals surface area contributed by atoms with Crippen LogP contribution in [0, 0.1) is 0 Å². The Hall–Kier alpha value is -3.13. The lowest BCUT2D eigenvalue weighted by molar-refractivity contribution is -0.123. The first-order valence-corrected chi connectivity index (χ1v) is 11.8. The van der Waals surface area contributed by atoms with Crippen LogP contribution in [0.2, 0.25) is 5.02 Å². The average Bonchev–Trinajstić information content (AvgIpc) is 2.82. The third kappa shape index (κ3) is 5.63. The number of hydrogen-bond donors (Lipinski definition) is 3. The number of aromatic nitrogens is 1. The van der Waals surface area contributed by atoms with Gasteiger partial charge in [0.25, 0.3) is 0 Å². The topological polar surface area (TPSA) is 103 Å². The molecule has 4 rings (SSSR count). The third-order valence-corrected chi connectivity index (χ3v) is 6.45. The number of amides is 4. The molecule has 1 aromatic heterocycles. The Kier molecular flexibility index (Phi) is 7.13. The van der Waals surface area contributed by atoms with Gasteiger partial charge in [-0.15, -0.1) is 0 Å². The fourth-order valence-corrected chi connectivity index (χ4v) is 4.54. The Bertz CT molecular complexity index is 1000. The number of piperidine rings is 1. The predicted molar refractivity (Wildman–Crippen MR) is 128 cm³/mol. The molecule has 8 nitrogen and oxygen atoms in total. The molecule has 9 heteroatoms. The first-order valence-electron chi connectivity index (χ1n) is 11.4. The summed E-state index contributed by atoms with van der Waals surface area (Å²) in [4.78, 5) is 44.0. The van der Waals surface area contributed by atoms with Gasteiger partial charge in [-0.1, -0.05) is 30.9 Å². The predicted octanol–water partition coefficient (Wildman–Crippen LogP) is 4.72. The van der Waals surface area contributed by atoms with Crippen LogP contribution in [-0.2, 0) is 9.59 Å². The monoisotopic (exact) mass is 469 g/mol. The molecule has 0 spiro atoms. The average molecular weight is 470 g/mol. The molecule has 1 saturated heterocycles. The van der Waals surface area contributed by atoms with Crippen molar-refractivity contribution in [3.05, 3.63) is 47.6 Å². The second kappa shape index (κ2) is 10.2. The van der Waals surface area contributed by atoms with Crippen LogP contribution in [0.3, 0.4) is 0 Å². The molecule has 2 heterocycles. The molecule has 2 aliphatic rings. The van der Waals surface area contributed by atoms with E-state index in [-0.39, 0.29) is 11.8 Å². The Morgan fingerprint density at radius 2 is 1.70 bits per heavy atom. The highest BCUT2D eigenvalue weighted by atomic mass is 35.5. The van der Waals surface area contributed by atoms with Gasteiger partial charge in [-0.25, -0.2) is 9.78 Å². The number of carbonyl (C=O) groups excluding carboxylic acids is 3. The standard InChI is InChI=1S/C24H28ClN5O3/c25-17-7-12-20(26-16-17)28-23(33)29-24(13-3-1-4-14-24)22(32)27-18-8-10-19(11-9-18)30-15-5-2-6-21(30)31/h7-12,16H,1-6,13-15H2,(H,27,32)(H2,26,28,29,33). The first kappa shape index (κ1) is 23.0. The van der Waals surface area contributed by atoms with Gasteiger partial charge in [-0.3, -0.25) is 14.9 Å². The molecular weight excluding hydrogens is 442 g/mol. The zero-order valence-electron chi connectivity index (χ0n) is 18.4. The summed E-state index contributed by atoms with van der Waals surface area (Å²) in [7, 11) is 0. The minimum atomic E-state index is -1.00. The zero-order chi connectivity index (χ0) is 23.3. The maximum atomic E-state index is 13.3. The van der Waals surface area contributed by atoms with E-state index in [1.807, 2.05) is 12.1 Å². The minimum absolute atomic E-state index is 0.129. The Morgan fingerprint density at radius 3 is 2.36 bits per heavy atom. The van der Waals surface area contributed by atoms with Crippen molar-refractivity contribution in [1.82, 2.24) is 10.3 Å². The van der Waals surface area contributed by atoms with Crippen LogP contribution in [-0.4, -0.2) is 34.9 Å². The fourth-order valence-electron chi connectivity index (χ4n) is 4.43. The second-order valence-corrected chi connectivity index (χ2v) is 9.02. The lowest BCUT2D eigenvalue weighted by Crippen LogP contribution is -2.58. The molecule has 174 valence electrons. The summed E-state index contributed by atoms with van der Waals surface area (Å²) in [5.74, 6) is 0.235. The third-order valence-electron chi connectivity index (χ3n) is 6.22. The number of anilines is 3. The van der Waals surface area contributed by atoms with Gasteiger partial charge in [0.15, 0.2) is 0 Å². The quantitative estimate of drug-likeness (QED) is 0.589. The van der Waals surface area contributed by atoms with E-state index in [1.165, 1.54) is 6.20 Å². The van der Waals surface area contributed by atoms with Crippen LogP contribution in [0.15, 0.2) is 42.6 Å². The van der Waals surface area contributed by atoms with Crippen LogP contribution in [0.5, 0.6) is 0 Å². The van der Waals surface area contributed by atoms with Crippen LogP contribution in [0.1, 0.15) is 51.4 Å². The maximum absolute atomic E-state index is 13.3. The molecule has 1 aliphatic carbocycles. The number of carbonyl (C=O) groups is 3. The lowest BCUT2D eigenvalue weighted by Gasteiger charge is -2.36. The van der Waals surface area contributed by atoms with Gasteiger partial charge in [0.1, 0.15) is 11.4 Å². The van der Waals surface area contributed by atoms with Crippen molar-refractivity contribution in [1.29, 1.82) is 0 Å². The molecule has 1 saturated carbocycles. The van der Waals surface area contributed by atoms with Crippen molar-refractivity contribution >= 4 is 46.6 Å². The van der Waals surface area contributed by atoms with Gasteiger partial charge in [0, 0.05) is 30.5 Å². The zero-order valence-corrected chi connectivity index (χ0v) is 19.2. The molecule has 4 amide bonds. The number of nitrogens with one attached hydrogen (secondary N) is 3. The van der Waals surface area contributed by atoms with Crippen LogP contribution in [0.25, 0.3) is 0 Å². The first-order chi connectivity index (χ1) is 15.9. The van der Waals surface area contributed by atoms with Gasteiger partial charge in [0.05, 0.1) is 5.02 Å². The molecule has 2 fully saturated rings. The van der Waals surface area contributed by atoms with Crippen LogP contribution < -0.4 is 20.9 Å². The molecule has 0 atom stereocenters. The van der Waals surface area contributed by atoms with E-state index < -0.39 is 11.6 Å². The van der Waals surface area contributed by atoms with Gasteiger partial charge in [0.2, 0.25) is 11.8 Å². The van der Waals surface area contributed by atoms with Crippen molar-refractivity contribution in [3.8, 4) is 0 Å².